The maximum atomic E-state index is 12.5. The largest absolute Gasteiger partial charge is 0.329 e. The predicted octanol–water partition coefficient (Wildman–Crippen LogP) is 0.774. The molecule has 1 aliphatic rings. The molecule has 5 nitrogen and oxygen atoms in total. The summed E-state index contributed by atoms with van der Waals surface area (Å²) in [7, 11) is -1.43. The van der Waals surface area contributed by atoms with E-state index in [1.54, 1.807) is 12.1 Å². The summed E-state index contributed by atoms with van der Waals surface area (Å²) in [5.41, 5.74) is 5.70. The number of piperazine rings is 1. The van der Waals surface area contributed by atoms with Gasteiger partial charge >= 0.3 is 0 Å². The van der Waals surface area contributed by atoms with Gasteiger partial charge in [0, 0.05) is 26.2 Å². The number of likely N-dealkylation sites (N-methyl/N-ethyl adjacent to an activating group) is 1. The van der Waals surface area contributed by atoms with Crippen molar-refractivity contribution in [2.75, 3.05) is 33.2 Å². The summed E-state index contributed by atoms with van der Waals surface area (Å²) in [6.07, 6.45) is 0. The Morgan fingerprint density at radius 2 is 2.22 bits per heavy atom. The molecule has 0 aromatic carbocycles. The number of nitrogens with zero attached hydrogens (tertiary/aromatic N) is 2. The lowest BCUT2D eigenvalue weighted by Crippen LogP contribution is -2.56. The third kappa shape index (κ3) is 2.78. The minimum Gasteiger partial charge on any atom is -0.329 e. The van der Waals surface area contributed by atoms with Crippen molar-refractivity contribution < 1.29 is 8.42 Å². The highest BCUT2D eigenvalue weighted by Gasteiger charge is 2.35. The Labute approximate surface area is 120 Å². The SMILES string of the molecule is CN1CCN(S(=O)(=O)c2ccc(Br)s2)C(CN)C1. The molecule has 0 bridgehead atoms. The molecular formula is C10H16BrN3O2S2. The van der Waals surface area contributed by atoms with E-state index in [1.165, 1.54) is 15.6 Å². The lowest BCUT2D eigenvalue weighted by Gasteiger charge is -2.38. The van der Waals surface area contributed by atoms with Crippen molar-refractivity contribution in [1.82, 2.24) is 9.21 Å². The molecule has 0 radical (unpaired) electrons. The lowest BCUT2D eigenvalue weighted by atomic mass is 10.2. The molecule has 1 unspecified atom stereocenters. The Kier molecular flexibility index (Phi) is 4.45. The minimum atomic E-state index is -3.41. The van der Waals surface area contributed by atoms with E-state index in [9.17, 15) is 8.42 Å². The highest BCUT2D eigenvalue weighted by Crippen LogP contribution is 2.30. The number of nitrogens with two attached hydrogens (primary N) is 1. The van der Waals surface area contributed by atoms with E-state index in [-0.39, 0.29) is 6.04 Å². The van der Waals surface area contributed by atoms with E-state index in [4.69, 9.17) is 5.73 Å². The summed E-state index contributed by atoms with van der Waals surface area (Å²) in [5.74, 6) is 0. The molecule has 1 aromatic rings. The number of hydrogen-bond donors (Lipinski definition) is 1. The van der Waals surface area contributed by atoms with E-state index in [0.29, 0.717) is 23.8 Å². The zero-order valence-electron chi connectivity index (χ0n) is 10.0. The molecule has 0 spiro atoms. The summed E-state index contributed by atoms with van der Waals surface area (Å²) in [5, 5.41) is 0. The summed E-state index contributed by atoms with van der Waals surface area (Å²) in [6.45, 7) is 2.26. The van der Waals surface area contributed by atoms with Crippen molar-refractivity contribution in [3.05, 3.63) is 15.9 Å². The minimum absolute atomic E-state index is 0.144. The maximum Gasteiger partial charge on any atom is 0.252 e. The Bertz CT molecular complexity index is 517. The predicted molar refractivity (Wildman–Crippen MR) is 76.3 cm³/mol. The summed E-state index contributed by atoms with van der Waals surface area (Å²) >= 11 is 4.53. The number of thiophene rings is 1. The zero-order chi connectivity index (χ0) is 13.3. The first-order valence-electron chi connectivity index (χ1n) is 5.61. The van der Waals surface area contributed by atoms with Crippen molar-refractivity contribution in [3.63, 3.8) is 0 Å². The van der Waals surface area contributed by atoms with Crippen LogP contribution in [0.2, 0.25) is 0 Å². The Balaban J connectivity index is 2.29. The Hall–Kier alpha value is 0.01000. The fourth-order valence-corrected chi connectivity index (χ4v) is 5.81. The van der Waals surface area contributed by atoms with Gasteiger partial charge in [-0.2, -0.15) is 4.31 Å². The first-order valence-corrected chi connectivity index (χ1v) is 8.66. The van der Waals surface area contributed by atoms with Gasteiger partial charge in [-0.05, 0) is 35.1 Å². The quantitative estimate of drug-likeness (QED) is 0.871. The maximum absolute atomic E-state index is 12.5. The molecule has 8 heteroatoms. The molecule has 1 aliphatic heterocycles. The molecule has 0 aliphatic carbocycles. The van der Waals surface area contributed by atoms with E-state index in [0.717, 1.165) is 10.3 Å². The van der Waals surface area contributed by atoms with Gasteiger partial charge in [-0.3, -0.25) is 0 Å². The van der Waals surface area contributed by atoms with Crippen LogP contribution in [0.25, 0.3) is 0 Å². The third-order valence-electron chi connectivity index (χ3n) is 3.02. The van der Waals surface area contributed by atoms with Crippen molar-refractivity contribution in [1.29, 1.82) is 0 Å². The average molecular weight is 354 g/mol. The molecule has 1 atom stereocenters. The van der Waals surface area contributed by atoms with Gasteiger partial charge in [0.05, 0.1) is 9.83 Å². The number of rotatable bonds is 3. The number of halogens is 1. The van der Waals surface area contributed by atoms with Gasteiger partial charge in [0.15, 0.2) is 0 Å². The van der Waals surface area contributed by atoms with Crippen LogP contribution in [-0.2, 0) is 10.0 Å². The third-order valence-corrected chi connectivity index (χ3v) is 7.06. The van der Waals surface area contributed by atoms with Crippen molar-refractivity contribution >= 4 is 37.3 Å². The second-order valence-corrected chi connectivity index (χ2v) is 8.91. The molecule has 1 saturated heterocycles. The molecule has 1 fully saturated rings. The molecular weight excluding hydrogens is 338 g/mol. The van der Waals surface area contributed by atoms with Crippen LogP contribution < -0.4 is 5.73 Å². The Morgan fingerprint density at radius 3 is 2.78 bits per heavy atom. The van der Waals surface area contributed by atoms with Gasteiger partial charge in [0.2, 0.25) is 0 Å². The van der Waals surface area contributed by atoms with E-state index < -0.39 is 10.0 Å². The van der Waals surface area contributed by atoms with Gasteiger partial charge < -0.3 is 10.6 Å². The van der Waals surface area contributed by atoms with Crippen LogP contribution in [0.3, 0.4) is 0 Å². The van der Waals surface area contributed by atoms with Crippen molar-refractivity contribution in [2.45, 2.75) is 10.3 Å². The molecule has 2 rings (SSSR count). The molecule has 0 amide bonds. The van der Waals surface area contributed by atoms with Crippen molar-refractivity contribution in [2.24, 2.45) is 5.73 Å². The summed E-state index contributed by atoms with van der Waals surface area (Å²) in [6, 6.07) is 3.25. The highest BCUT2D eigenvalue weighted by atomic mass is 79.9. The first kappa shape index (κ1) is 14.4. The fraction of sp³-hybridized carbons (Fsp3) is 0.600. The van der Waals surface area contributed by atoms with Crippen LogP contribution in [0, 0.1) is 0 Å². The van der Waals surface area contributed by atoms with Crippen LogP contribution in [-0.4, -0.2) is 56.9 Å². The van der Waals surface area contributed by atoms with E-state index >= 15 is 0 Å². The fourth-order valence-electron chi connectivity index (χ4n) is 2.05. The highest BCUT2D eigenvalue weighted by molar-refractivity contribution is 9.11. The topological polar surface area (TPSA) is 66.6 Å². The summed E-state index contributed by atoms with van der Waals surface area (Å²) in [4.78, 5) is 2.11. The molecule has 1 aromatic heterocycles. The second-order valence-electron chi connectivity index (χ2n) is 4.33. The molecule has 2 N–H and O–H groups in total. The van der Waals surface area contributed by atoms with Crippen LogP contribution in [0.5, 0.6) is 0 Å². The van der Waals surface area contributed by atoms with Gasteiger partial charge in [-0.1, -0.05) is 0 Å². The standard InChI is InChI=1S/C10H16BrN3O2S2/c1-13-4-5-14(8(6-12)7-13)18(15,16)10-3-2-9(11)17-10/h2-3,8H,4-7,12H2,1H3. The van der Waals surface area contributed by atoms with Gasteiger partial charge in [-0.25, -0.2) is 8.42 Å². The zero-order valence-corrected chi connectivity index (χ0v) is 13.3. The number of sulfonamides is 1. The first-order chi connectivity index (χ1) is 8.45. The van der Waals surface area contributed by atoms with Crippen LogP contribution >= 0.6 is 27.3 Å². The van der Waals surface area contributed by atoms with Crippen LogP contribution in [0.1, 0.15) is 0 Å². The van der Waals surface area contributed by atoms with Gasteiger partial charge in [0.1, 0.15) is 4.21 Å². The molecule has 102 valence electrons. The normalized spacial score (nSPS) is 23.4. The van der Waals surface area contributed by atoms with Crippen LogP contribution in [0.4, 0.5) is 0 Å². The lowest BCUT2D eigenvalue weighted by molar-refractivity contribution is 0.164. The van der Waals surface area contributed by atoms with Gasteiger partial charge in [-0.15, -0.1) is 11.3 Å². The average Bonchev–Trinajstić information content (AvgIpc) is 2.76. The van der Waals surface area contributed by atoms with E-state index in [1.807, 2.05) is 7.05 Å². The molecule has 0 saturated carbocycles. The monoisotopic (exact) mass is 353 g/mol. The second kappa shape index (κ2) is 5.56. The summed E-state index contributed by atoms with van der Waals surface area (Å²) < 4.78 is 27.8. The smallest absolute Gasteiger partial charge is 0.252 e. The van der Waals surface area contributed by atoms with E-state index in [2.05, 4.69) is 20.8 Å². The van der Waals surface area contributed by atoms with Gasteiger partial charge in [0.25, 0.3) is 10.0 Å². The van der Waals surface area contributed by atoms with Crippen molar-refractivity contribution in [3.8, 4) is 0 Å². The molecule has 2 heterocycles. The van der Waals surface area contributed by atoms with Crippen LogP contribution in [0.15, 0.2) is 20.1 Å². The number of hydrogen-bond acceptors (Lipinski definition) is 5. The Morgan fingerprint density at radius 1 is 1.50 bits per heavy atom. The molecule has 18 heavy (non-hydrogen) atoms.